The van der Waals surface area contributed by atoms with Gasteiger partial charge in [0, 0.05) is 46.6 Å². The minimum Gasteiger partial charge on any atom is -0.545 e. The third-order valence-corrected chi connectivity index (χ3v) is 7.11. The van der Waals surface area contributed by atoms with Gasteiger partial charge >= 0.3 is 0 Å². The van der Waals surface area contributed by atoms with Gasteiger partial charge in [-0.15, -0.1) is 11.3 Å². The molecular formula is C23H26N2O4S. The molecule has 2 N–H and O–H groups in total. The number of carbonyl (C=O) groups is 2. The molecule has 2 unspecified atom stereocenters. The van der Waals surface area contributed by atoms with Gasteiger partial charge in [0.05, 0.1) is 19.1 Å². The second-order valence-electron chi connectivity index (χ2n) is 7.89. The molecule has 2 atom stereocenters. The number of hydrogen-bond acceptors (Lipinski definition) is 6. The van der Waals surface area contributed by atoms with E-state index in [1.807, 2.05) is 48.5 Å². The van der Waals surface area contributed by atoms with E-state index in [1.165, 1.54) is 6.92 Å². The molecule has 4 rings (SSSR count). The van der Waals surface area contributed by atoms with E-state index < -0.39 is 11.9 Å². The Bertz CT molecular complexity index is 1060. The fraction of sp³-hybridized carbons (Fsp3) is 0.391. The van der Waals surface area contributed by atoms with Crippen LogP contribution in [0.2, 0.25) is 0 Å². The van der Waals surface area contributed by atoms with Gasteiger partial charge in [0.2, 0.25) is 0 Å². The number of aliphatic carboxylic acids is 1. The Morgan fingerprint density at radius 1 is 1.30 bits per heavy atom. The first-order valence-corrected chi connectivity index (χ1v) is 11.1. The molecule has 0 amide bonds. The monoisotopic (exact) mass is 426 g/mol. The van der Waals surface area contributed by atoms with Crippen molar-refractivity contribution in [1.82, 2.24) is 4.90 Å². The highest BCUT2D eigenvalue weighted by Crippen LogP contribution is 2.46. The van der Waals surface area contributed by atoms with Crippen molar-refractivity contribution in [2.45, 2.75) is 32.3 Å². The average Bonchev–Trinajstić information content (AvgIpc) is 3.15. The lowest BCUT2D eigenvalue weighted by atomic mass is 9.77. The van der Waals surface area contributed by atoms with Gasteiger partial charge in [0.15, 0.2) is 5.78 Å². The molecule has 158 valence electrons. The molecule has 0 radical (unpaired) electrons. The number of carboxylic acid groups (broad SMARTS) is 1. The van der Waals surface area contributed by atoms with Crippen molar-refractivity contribution in [3.05, 3.63) is 57.7 Å². The normalized spacial score (nSPS) is 22.7. The summed E-state index contributed by atoms with van der Waals surface area (Å²) in [6.45, 7) is 5.74. The quantitative estimate of drug-likeness (QED) is 0.775. The first-order chi connectivity index (χ1) is 14.4. The zero-order valence-corrected chi connectivity index (χ0v) is 18.3. The summed E-state index contributed by atoms with van der Waals surface area (Å²) in [6, 6.07) is 7.89. The lowest BCUT2D eigenvalue weighted by Gasteiger charge is -2.39. The summed E-state index contributed by atoms with van der Waals surface area (Å²) < 4.78 is 6.94. The van der Waals surface area contributed by atoms with E-state index in [1.54, 1.807) is 11.3 Å². The second kappa shape index (κ2) is 8.34. The highest BCUT2D eigenvalue weighted by molar-refractivity contribution is 7.17. The average molecular weight is 427 g/mol. The van der Waals surface area contributed by atoms with Gasteiger partial charge in [-0.05, 0) is 36.2 Å². The van der Waals surface area contributed by atoms with Crippen LogP contribution in [-0.4, -0.2) is 49.5 Å². The Balaban J connectivity index is 1.91. The fourth-order valence-corrected chi connectivity index (χ4v) is 5.59. The lowest BCUT2D eigenvalue weighted by molar-refractivity contribution is -0.677. The Labute approximate surface area is 179 Å². The van der Waals surface area contributed by atoms with E-state index in [0.717, 1.165) is 34.4 Å². The van der Waals surface area contributed by atoms with Crippen LogP contribution in [-0.2, 0) is 14.3 Å². The smallest absolute Gasteiger partial charge is 0.158 e. The third-order valence-electron chi connectivity index (χ3n) is 6.13. The molecule has 0 aliphatic carbocycles. The molecule has 1 fully saturated rings. The number of nitrogens with zero attached hydrogens (tertiary/aromatic N) is 1. The summed E-state index contributed by atoms with van der Waals surface area (Å²) in [5, 5.41) is 17.6. The molecule has 0 spiro atoms. The number of quaternary nitrogens is 1. The van der Waals surface area contributed by atoms with Gasteiger partial charge in [-0.25, -0.2) is 0 Å². The maximum Gasteiger partial charge on any atom is 0.158 e. The third kappa shape index (κ3) is 3.57. The molecule has 2 aromatic rings. The molecule has 6 nitrogen and oxygen atoms in total. The van der Waals surface area contributed by atoms with Crippen LogP contribution in [0.15, 0.2) is 52.2 Å². The van der Waals surface area contributed by atoms with Crippen LogP contribution in [0.5, 0.6) is 0 Å². The molecule has 2 aliphatic heterocycles. The second-order valence-corrected chi connectivity index (χ2v) is 8.80. The summed E-state index contributed by atoms with van der Waals surface area (Å²) >= 11 is 1.56. The highest BCUT2D eigenvalue weighted by Gasteiger charge is 2.37. The minimum absolute atomic E-state index is 0.0721. The van der Waals surface area contributed by atoms with Crippen LogP contribution < -0.4 is 10.4 Å². The first-order valence-electron chi connectivity index (χ1n) is 10.2. The van der Waals surface area contributed by atoms with E-state index in [4.69, 9.17) is 4.74 Å². The molecule has 1 aromatic heterocycles. The van der Waals surface area contributed by atoms with Gasteiger partial charge in [-0.2, -0.15) is 0 Å². The summed E-state index contributed by atoms with van der Waals surface area (Å²) in [5.74, 6) is -2.01. The topological polar surface area (TPSA) is 86.3 Å². The number of carbonyl (C=O) groups excluding carboxylic acids is 2. The van der Waals surface area contributed by atoms with Crippen LogP contribution in [0.4, 0.5) is 0 Å². The number of allylic oxidation sites excluding steroid dienone is 2. The molecule has 7 heteroatoms. The zero-order chi connectivity index (χ0) is 21.4. The van der Waals surface area contributed by atoms with E-state index in [0.29, 0.717) is 24.3 Å². The molecule has 2 aliphatic rings. The number of fused-ring (bicyclic) bond motifs is 1. The maximum atomic E-state index is 12.7. The van der Waals surface area contributed by atoms with Gasteiger partial charge in [0.1, 0.15) is 12.6 Å². The summed E-state index contributed by atoms with van der Waals surface area (Å²) in [7, 11) is 1.82. The van der Waals surface area contributed by atoms with Crippen molar-refractivity contribution in [2.75, 3.05) is 26.7 Å². The van der Waals surface area contributed by atoms with Crippen LogP contribution in [0.3, 0.4) is 0 Å². The Morgan fingerprint density at radius 3 is 2.73 bits per heavy atom. The van der Waals surface area contributed by atoms with Crippen molar-refractivity contribution in [2.24, 2.45) is 0 Å². The Morgan fingerprint density at radius 2 is 2.07 bits per heavy atom. The highest BCUT2D eigenvalue weighted by atomic mass is 32.1. The molecule has 1 aromatic carbocycles. The molecule has 3 heterocycles. The van der Waals surface area contributed by atoms with Crippen LogP contribution in [0.25, 0.3) is 10.1 Å². The molecule has 0 saturated carbocycles. The number of hydrogen-bond donors (Lipinski definition) is 1. The maximum absolute atomic E-state index is 12.7. The number of morpholine rings is 1. The van der Waals surface area contributed by atoms with Gasteiger partial charge in [0.25, 0.3) is 0 Å². The van der Waals surface area contributed by atoms with Gasteiger partial charge in [-0.1, -0.05) is 18.2 Å². The molecule has 0 bridgehead atoms. The number of ketones is 1. The van der Waals surface area contributed by atoms with E-state index in [-0.39, 0.29) is 17.5 Å². The largest absolute Gasteiger partial charge is 0.545 e. The van der Waals surface area contributed by atoms with E-state index in [2.05, 4.69) is 5.32 Å². The molecule has 1 saturated heterocycles. The van der Waals surface area contributed by atoms with Crippen LogP contribution in [0.1, 0.15) is 31.7 Å². The van der Waals surface area contributed by atoms with Crippen LogP contribution in [0, 0.1) is 0 Å². The SMILES string of the molecule is CC(=O)C1=C(C)N(C)C(CC2C[NH2+]CCO2)=C(C(=O)[O-])C1c1csc2ccccc12. The number of thiophene rings is 1. The zero-order valence-electron chi connectivity index (χ0n) is 17.4. The minimum atomic E-state index is -1.23. The van der Waals surface area contributed by atoms with Gasteiger partial charge in [-0.3, -0.25) is 4.79 Å². The molecule has 30 heavy (non-hydrogen) atoms. The fourth-order valence-electron chi connectivity index (χ4n) is 4.60. The predicted molar refractivity (Wildman–Crippen MR) is 114 cm³/mol. The van der Waals surface area contributed by atoms with Crippen molar-refractivity contribution < 1.29 is 24.7 Å². The standard InChI is InChI=1S/C23H26N2O4S/c1-13-20(14(2)26)21(17-12-30-19-7-5-4-6-16(17)19)22(23(27)28)18(25(13)3)10-15-11-24-8-9-29-15/h4-7,12,15,21,24H,8-11H2,1-3H3,(H,27,28). The van der Waals surface area contributed by atoms with Crippen molar-refractivity contribution in [3.8, 4) is 0 Å². The number of Topliss-reactive ketones (excluding diaryl/α,β-unsaturated/α-hetero) is 1. The summed E-state index contributed by atoms with van der Waals surface area (Å²) in [4.78, 5) is 27.0. The van der Waals surface area contributed by atoms with E-state index >= 15 is 0 Å². The number of benzene rings is 1. The summed E-state index contributed by atoms with van der Waals surface area (Å²) in [6.07, 6.45) is 0.398. The predicted octanol–water partition coefficient (Wildman–Crippen LogP) is 1.15. The Hall–Kier alpha value is -2.48. The Kier molecular flexibility index (Phi) is 5.77. The number of ether oxygens (including phenoxy) is 1. The van der Waals surface area contributed by atoms with Crippen molar-refractivity contribution >= 4 is 33.2 Å². The van der Waals surface area contributed by atoms with Crippen LogP contribution >= 0.6 is 11.3 Å². The number of rotatable bonds is 5. The first kappa shape index (κ1) is 20.8. The van der Waals surface area contributed by atoms with Gasteiger partial charge < -0.3 is 24.9 Å². The molecular weight excluding hydrogens is 400 g/mol. The number of nitrogens with two attached hydrogens (primary N) is 1. The van der Waals surface area contributed by atoms with E-state index in [9.17, 15) is 14.7 Å². The van der Waals surface area contributed by atoms with Crippen molar-refractivity contribution in [1.29, 1.82) is 0 Å². The lowest BCUT2D eigenvalue weighted by Crippen LogP contribution is -2.89. The summed E-state index contributed by atoms with van der Waals surface area (Å²) in [5.41, 5.74) is 2.98. The van der Waals surface area contributed by atoms with Crippen molar-refractivity contribution in [3.63, 3.8) is 0 Å². The number of carboxylic acids is 1.